The molecule has 1 amide bonds. The second-order valence-corrected chi connectivity index (χ2v) is 7.74. The summed E-state index contributed by atoms with van der Waals surface area (Å²) in [5, 5.41) is 3.66. The zero-order valence-electron chi connectivity index (χ0n) is 14.1. The van der Waals surface area contributed by atoms with Crippen LogP contribution in [0.5, 0.6) is 0 Å². The number of hydrogen-bond acceptors (Lipinski definition) is 4. The predicted octanol–water partition coefficient (Wildman–Crippen LogP) is 3.78. The fourth-order valence-corrected chi connectivity index (χ4v) is 4.50. The van der Waals surface area contributed by atoms with Crippen LogP contribution in [0, 0.1) is 19.8 Å². The van der Waals surface area contributed by atoms with Crippen molar-refractivity contribution in [2.75, 3.05) is 5.32 Å². The van der Waals surface area contributed by atoms with Gasteiger partial charge >= 0.3 is 0 Å². The fraction of sp³-hybridized carbons (Fsp3) is 0.389. The van der Waals surface area contributed by atoms with Crippen LogP contribution in [0.25, 0.3) is 5.65 Å². The smallest absolute Gasteiger partial charge is 0.261 e. The van der Waals surface area contributed by atoms with Gasteiger partial charge in [-0.15, -0.1) is 11.3 Å². The van der Waals surface area contributed by atoms with Crippen molar-refractivity contribution in [1.29, 1.82) is 0 Å². The van der Waals surface area contributed by atoms with Crippen LogP contribution >= 0.6 is 11.3 Å². The van der Waals surface area contributed by atoms with E-state index in [9.17, 15) is 4.79 Å². The van der Waals surface area contributed by atoms with E-state index in [4.69, 9.17) is 0 Å². The summed E-state index contributed by atoms with van der Waals surface area (Å²) >= 11 is 1.61. The highest BCUT2D eigenvalue weighted by atomic mass is 32.1. The molecule has 0 bridgehead atoms. The van der Waals surface area contributed by atoms with Gasteiger partial charge in [-0.05, 0) is 51.2 Å². The van der Waals surface area contributed by atoms with Gasteiger partial charge in [0.05, 0.1) is 11.3 Å². The number of nitrogens with one attached hydrogen (secondary N) is 1. The molecule has 0 saturated heterocycles. The normalized spacial score (nSPS) is 17.0. The molecular formula is C18H20N4OS. The molecule has 0 saturated carbocycles. The van der Waals surface area contributed by atoms with Crippen molar-refractivity contribution >= 4 is 28.0 Å². The second-order valence-electron chi connectivity index (χ2n) is 6.65. The van der Waals surface area contributed by atoms with Crippen molar-refractivity contribution in [3.8, 4) is 0 Å². The van der Waals surface area contributed by atoms with E-state index in [2.05, 4.69) is 22.2 Å². The first-order valence-electron chi connectivity index (χ1n) is 8.26. The molecule has 1 N–H and O–H groups in total. The minimum atomic E-state index is -0.144. The highest BCUT2D eigenvalue weighted by Gasteiger charge is 2.21. The van der Waals surface area contributed by atoms with Crippen LogP contribution in [0.4, 0.5) is 5.13 Å². The molecule has 1 atom stereocenters. The fourth-order valence-electron chi connectivity index (χ4n) is 3.33. The van der Waals surface area contributed by atoms with Crippen LogP contribution in [-0.4, -0.2) is 20.3 Å². The SMILES string of the molecule is Cc1cc(C)n2ccc(C(=O)Nc3nc4c(s3)CC(C)CC4)c2n1. The molecule has 1 aliphatic carbocycles. The Hall–Kier alpha value is -2.21. The lowest BCUT2D eigenvalue weighted by molar-refractivity contribution is 0.102. The van der Waals surface area contributed by atoms with E-state index in [1.807, 2.05) is 36.6 Å². The van der Waals surface area contributed by atoms with Gasteiger partial charge in [0.1, 0.15) is 5.65 Å². The van der Waals surface area contributed by atoms with Gasteiger partial charge in [-0.3, -0.25) is 10.1 Å². The molecule has 124 valence electrons. The number of nitrogens with zero attached hydrogens (tertiary/aromatic N) is 3. The molecule has 3 aromatic heterocycles. The van der Waals surface area contributed by atoms with Gasteiger partial charge in [0.25, 0.3) is 5.91 Å². The molecule has 3 heterocycles. The van der Waals surface area contributed by atoms with Crippen molar-refractivity contribution < 1.29 is 4.79 Å². The summed E-state index contributed by atoms with van der Waals surface area (Å²) in [7, 11) is 0. The molecule has 0 aromatic carbocycles. The number of aromatic nitrogens is 3. The zero-order chi connectivity index (χ0) is 16.8. The maximum Gasteiger partial charge on any atom is 0.261 e. The van der Waals surface area contributed by atoms with Crippen molar-refractivity contribution in [2.45, 2.75) is 40.0 Å². The molecule has 0 radical (unpaired) electrons. The molecule has 0 fully saturated rings. The lowest BCUT2D eigenvalue weighted by Crippen LogP contribution is -2.12. The molecule has 24 heavy (non-hydrogen) atoms. The zero-order valence-corrected chi connectivity index (χ0v) is 14.9. The third-order valence-corrected chi connectivity index (χ3v) is 5.63. The number of fused-ring (bicyclic) bond motifs is 2. The Bertz CT molecular complexity index is 940. The summed E-state index contributed by atoms with van der Waals surface area (Å²) in [5.41, 5.74) is 4.41. The Morgan fingerprint density at radius 1 is 1.38 bits per heavy atom. The van der Waals surface area contributed by atoms with Crippen LogP contribution in [0.3, 0.4) is 0 Å². The molecule has 6 heteroatoms. The number of rotatable bonds is 2. The van der Waals surface area contributed by atoms with Gasteiger partial charge in [0.15, 0.2) is 5.13 Å². The quantitative estimate of drug-likeness (QED) is 0.772. The number of hydrogen-bond donors (Lipinski definition) is 1. The minimum absolute atomic E-state index is 0.144. The van der Waals surface area contributed by atoms with E-state index >= 15 is 0 Å². The summed E-state index contributed by atoms with van der Waals surface area (Å²) in [4.78, 5) is 23.1. The van der Waals surface area contributed by atoms with Gasteiger partial charge in [0.2, 0.25) is 0 Å². The molecule has 1 unspecified atom stereocenters. The van der Waals surface area contributed by atoms with Crippen LogP contribution in [0.2, 0.25) is 0 Å². The summed E-state index contributed by atoms with van der Waals surface area (Å²) in [6.45, 7) is 6.22. The van der Waals surface area contributed by atoms with Crippen LogP contribution in [0.15, 0.2) is 18.3 Å². The van der Waals surface area contributed by atoms with E-state index in [0.29, 0.717) is 22.3 Å². The minimum Gasteiger partial charge on any atom is -0.305 e. The molecule has 4 rings (SSSR count). The van der Waals surface area contributed by atoms with Crippen LogP contribution < -0.4 is 5.32 Å². The van der Waals surface area contributed by atoms with Crippen LogP contribution in [0.1, 0.15) is 45.7 Å². The lowest BCUT2D eigenvalue weighted by atomic mass is 9.93. The van der Waals surface area contributed by atoms with Crippen molar-refractivity contribution in [2.24, 2.45) is 5.92 Å². The number of carbonyl (C=O) groups excluding carboxylic acids is 1. The van der Waals surface area contributed by atoms with Gasteiger partial charge in [0, 0.05) is 22.5 Å². The van der Waals surface area contributed by atoms with E-state index in [1.165, 1.54) is 11.3 Å². The Kier molecular flexibility index (Phi) is 3.64. The van der Waals surface area contributed by atoms with E-state index in [-0.39, 0.29) is 5.91 Å². The van der Waals surface area contributed by atoms with Gasteiger partial charge in [-0.1, -0.05) is 6.92 Å². The topological polar surface area (TPSA) is 59.3 Å². The number of thiazole rings is 1. The maximum atomic E-state index is 12.7. The Morgan fingerprint density at radius 2 is 2.21 bits per heavy atom. The van der Waals surface area contributed by atoms with E-state index in [0.717, 1.165) is 29.9 Å². The summed E-state index contributed by atoms with van der Waals surface area (Å²) < 4.78 is 1.94. The average Bonchev–Trinajstić information content (AvgIpc) is 3.10. The van der Waals surface area contributed by atoms with E-state index in [1.54, 1.807) is 11.3 Å². The number of amides is 1. The summed E-state index contributed by atoms with van der Waals surface area (Å²) in [5.74, 6) is 0.557. The predicted molar refractivity (Wildman–Crippen MR) is 95.9 cm³/mol. The Balaban J connectivity index is 1.63. The van der Waals surface area contributed by atoms with E-state index < -0.39 is 0 Å². The lowest BCUT2D eigenvalue weighted by Gasteiger charge is -2.15. The molecule has 5 nitrogen and oxygen atoms in total. The second kappa shape index (κ2) is 5.70. The van der Waals surface area contributed by atoms with Crippen molar-refractivity contribution in [1.82, 2.24) is 14.4 Å². The third kappa shape index (κ3) is 2.60. The van der Waals surface area contributed by atoms with Gasteiger partial charge in [-0.25, -0.2) is 9.97 Å². The largest absolute Gasteiger partial charge is 0.305 e. The number of carbonyl (C=O) groups is 1. The standard InChI is InChI=1S/C18H20N4OS/c1-10-4-5-14-15(8-10)24-18(20-14)21-17(23)13-6-7-22-12(3)9-11(2)19-16(13)22/h6-7,9-10H,4-5,8H2,1-3H3,(H,20,21,23). The molecule has 0 aliphatic heterocycles. The molecule has 1 aliphatic rings. The van der Waals surface area contributed by atoms with Gasteiger partial charge in [-0.2, -0.15) is 0 Å². The maximum absolute atomic E-state index is 12.7. The molecular weight excluding hydrogens is 320 g/mol. The third-order valence-electron chi connectivity index (χ3n) is 4.59. The first-order chi connectivity index (χ1) is 11.5. The molecule has 3 aromatic rings. The molecule has 0 spiro atoms. The average molecular weight is 340 g/mol. The first-order valence-corrected chi connectivity index (χ1v) is 9.08. The first kappa shape index (κ1) is 15.3. The summed E-state index contributed by atoms with van der Waals surface area (Å²) in [6, 6.07) is 3.82. The van der Waals surface area contributed by atoms with Gasteiger partial charge < -0.3 is 4.40 Å². The number of anilines is 1. The van der Waals surface area contributed by atoms with Crippen molar-refractivity contribution in [3.63, 3.8) is 0 Å². The van der Waals surface area contributed by atoms with Crippen molar-refractivity contribution in [3.05, 3.63) is 45.9 Å². The monoisotopic (exact) mass is 340 g/mol. The highest BCUT2D eigenvalue weighted by Crippen LogP contribution is 2.32. The highest BCUT2D eigenvalue weighted by molar-refractivity contribution is 7.15. The Morgan fingerprint density at radius 3 is 3.04 bits per heavy atom. The van der Waals surface area contributed by atoms with Crippen LogP contribution in [-0.2, 0) is 12.8 Å². The number of aryl methyl sites for hydroxylation is 3. The summed E-state index contributed by atoms with van der Waals surface area (Å²) in [6.07, 6.45) is 5.15. The Labute approximate surface area is 144 Å².